The van der Waals surface area contributed by atoms with E-state index in [-0.39, 0.29) is 69.2 Å². The Labute approximate surface area is 602 Å². The molecule has 0 saturated heterocycles. The summed E-state index contributed by atoms with van der Waals surface area (Å²) < 4.78 is 153. The van der Waals surface area contributed by atoms with Gasteiger partial charge in [-0.1, -0.05) is 142 Å². The number of anilines is 2. The lowest BCUT2D eigenvalue weighted by Gasteiger charge is -2.27. The summed E-state index contributed by atoms with van der Waals surface area (Å²) in [5.41, 5.74) is 8.50. The van der Waals surface area contributed by atoms with Crippen LogP contribution in [0.1, 0.15) is 139 Å². The van der Waals surface area contributed by atoms with Crippen LogP contribution in [0.15, 0.2) is 190 Å². The van der Waals surface area contributed by atoms with Gasteiger partial charge in [-0.3, -0.25) is 18.9 Å². The molecule has 2 aliphatic heterocycles. The third-order valence-corrected chi connectivity index (χ3v) is 22.4. The van der Waals surface area contributed by atoms with Crippen molar-refractivity contribution in [1.82, 2.24) is 5.32 Å². The van der Waals surface area contributed by atoms with Gasteiger partial charge in [0, 0.05) is 73.3 Å². The number of amides is 1. The number of carbonyl (C=O) groups is 3. The van der Waals surface area contributed by atoms with Gasteiger partial charge in [0.25, 0.3) is 10.1 Å². The molecular formula is C78H91F3N5O14S3+. The van der Waals surface area contributed by atoms with Crippen molar-refractivity contribution in [2.45, 2.75) is 138 Å². The van der Waals surface area contributed by atoms with E-state index in [2.05, 4.69) is 115 Å². The maximum absolute atomic E-state index is 16.2. The fourth-order valence-corrected chi connectivity index (χ4v) is 16.3. The molecule has 1 amide bonds. The number of benzene rings is 6. The van der Waals surface area contributed by atoms with Crippen molar-refractivity contribution in [3.05, 3.63) is 226 Å². The summed E-state index contributed by atoms with van der Waals surface area (Å²) in [5.74, 6) is -10.1. The average molecular weight is 1480 g/mol. The first-order valence-corrected chi connectivity index (χ1v) is 39.5. The zero-order valence-electron chi connectivity index (χ0n) is 58.6. The minimum atomic E-state index is -5.29. The van der Waals surface area contributed by atoms with Crippen molar-refractivity contribution < 1.29 is 81.3 Å². The maximum Gasteiger partial charge on any atom is 0.307 e. The van der Waals surface area contributed by atoms with Crippen LogP contribution in [-0.4, -0.2) is 120 Å². The summed E-state index contributed by atoms with van der Waals surface area (Å²) in [6, 6.07) is 39.1. The number of ketones is 1. The number of para-hydroxylation sites is 2. The molecule has 0 bridgehead atoms. The predicted octanol–water partition coefficient (Wildman–Crippen LogP) is 13.5. The van der Waals surface area contributed by atoms with Gasteiger partial charge in [0.05, 0.1) is 61.0 Å². The van der Waals surface area contributed by atoms with E-state index in [4.69, 9.17) is 19.3 Å². The fraction of sp³-hybridized carbons (Fsp3) is 0.385. The standard InChI is InChI=1S/C78H90F3N5O14S3/c1-6-7-18-43-85-63-30-16-14-28-61(63)77(2,3)65(85)38-34-56-26-21-27-57(35-39-66-78(4,5)62-29-15-17-31-64(62)86(66)44-19-20-49-102(93,94)95)73(56)100-60-36-32-53(33-37-60)51-58(76(89)90)52-59(87)40-45-98-47-48-99-46-42-83-67(88)41-50-101(91,92)75-69(80)68(79)74(103(82,96)97)70(81)72(75)84-71(54-22-10-8-11-23-54)55-24-12-9-13-25-55/h8-17,22-25,28-39,58,71,84H,6-7,18-21,26-27,40-52H2,1-5H3,(H4-,82,83,88,89,90,93,94,95,96,97)/p+1/t58-/m1/s1. The molecule has 103 heavy (non-hydrogen) atoms. The van der Waals surface area contributed by atoms with Crippen LogP contribution in [0.25, 0.3) is 0 Å². The normalized spacial score (nSPS) is 16.2. The third kappa shape index (κ3) is 19.8. The molecule has 3 aliphatic rings. The van der Waals surface area contributed by atoms with Gasteiger partial charge in [0.1, 0.15) is 28.7 Å². The van der Waals surface area contributed by atoms with Crippen LogP contribution in [0.5, 0.6) is 5.75 Å². The second-order valence-electron chi connectivity index (χ2n) is 27.0. The van der Waals surface area contributed by atoms with Gasteiger partial charge in [0.2, 0.25) is 21.6 Å². The van der Waals surface area contributed by atoms with Gasteiger partial charge in [0.15, 0.2) is 37.9 Å². The second kappa shape index (κ2) is 34.8. The number of nitrogens with zero attached hydrogens (tertiary/aromatic N) is 2. The Hall–Kier alpha value is -8.56. The van der Waals surface area contributed by atoms with Crippen LogP contribution >= 0.6 is 0 Å². The first-order chi connectivity index (χ1) is 49.0. The van der Waals surface area contributed by atoms with Crippen LogP contribution < -0.4 is 25.4 Å². The lowest BCUT2D eigenvalue weighted by Crippen LogP contribution is -2.30. The van der Waals surface area contributed by atoms with E-state index in [9.17, 15) is 49.3 Å². The number of sulfonamides is 1. The Morgan fingerprint density at radius 1 is 0.689 bits per heavy atom. The second-order valence-corrected chi connectivity index (χ2v) is 32.1. The number of rotatable bonds is 37. The zero-order valence-corrected chi connectivity index (χ0v) is 61.1. The summed E-state index contributed by atoms with van der Waals surface area (Å²) in [4.78, 5) is 37.6. The van der Waals surface area contributed by atoms with E-state index in [1.807, 2.05) is 24.3 Å². The van der Waals surface area contributed by atoms with Crippen molar-refractivity contribution in [3.8, 4) is 5.75 Å². The first-order valence-electron chi connectivity index (χ1n) is 34.7. The molecule has 1 aliphatic carbocycles. The molecule has 6 aromatic rings. The minimum absolute atomic E-state index is 0.0116. The number of hydrogen-bond acceptors (Lipinski definition) is 14. The van der Waals surface area contributed by atoms with Crippen molar-refractivity contribution in [3.63, 3.8) is 0 Å². The largest absolute Gasteiger partial charge is 0.481 e. The molecule has 0 spiro atoms. The highest BCUT2D eigenvalue weighted by Crippen LogP contribution is 2.49. The number of carboxylic acids is 1. The number of allylic oxidation sites excluding steroid dienone is 7. The van der Waals surface area contributed by atoms with Crippen molar-refractivity contribution in [2.24, 2.45) is 11.1 Å². The molecule has 0 unspecified atom stereocenters. The molecule has 6 aromatic carbocycles. The van der Waals surface area contributed by atoms with Gasteiger partial charge in [-0.05, 0) is 123 Å². The van der Waals surface area contributed by atoms with Gasteiger partial charge >= 0.3 is 5.97 Å². The number of fused-ring (bicyclic) bond motifs is 2. The molecule has 0 fully saturated rings. The smallest absolute Gasteiger partial charge is 0.307 e. The minimum Gasteiger partial charge on any atom is -0.481 e. The summed E-state index contributed by atoms with van der Waals surface area (Å²) in [6.07, 6.45) is 14.1. The molecule has 25 heteroatoms. The van der Waals surface area contributed by atoms with E-state index in [0.717, 1.165) is 73.2 Å². The highest BCUT2D eigenvalue weighted by molar-refractivity contribution is 7.91. The maximum atomic E-state index is 16.2. The highest BCUT2D eigenvalue weighted by Gasteiger charge is 2.45. The monoisotopic (exact) mass is 1470 g/mol. The summed E-state index contributed by atoms with van der Waals surface area (Å²) in [7, 11) is -14.5. The van der Waals surface area contributed by atoms with Gasteiger partial charge in [-0.2, -0.15) is 13.0 Å². The first kappa shape index (κ1) is 78.6. The number of nitrogens with one attached hydrogen (secondary N) is 2. The molecule has 0 aromatic heterocycles. The SMILES string of the molecule is CCCCC[N+]1=C(/C=C/C2=C(Oc3ccc(C[C@H](CC(=O)CCOCCOCCNC(=O)CCS(=O)(=O)c4c(F)c(F)c(S(N)(=O)=O)c(F)c4NC(c4ccccc4)c4ccccc4)C(=O)O)cc3)C(=C/C=C3/N(CCCCS(=O)(=O)O)c4ccccc4C3(C)C)/CCC2)C(C)(C)c2ccccc21. The molecule has 19 nitrogen and oxygen atoms in total. The number of ether oxygens (including phenoxy) is 3. The van der Waals surface area contributed by atoms with E-state index in [0.29, 0.717) is 47.6 Å². The molecule has 2 heterocycles. The molecule has 0 saturated carbocycles. The van der Waals surface area contributed by atoms with Crippen LogP contribution in [0.4, 0.5) is 30.2 Å². The molecule has 550 valence electrons. The van der Waals surface area contributed by atoms with Crippen LogP contribution in [0, 0.1) is 23.4 Å². The number of Topliss-reactive ketones (excluding diaryl/α,β-unsaturated/α-hetero) is 1. The Morgan fingerprint density at radius 3 is 1.97 bits per heavy atom. The number of aliphatic carboxylic acids is 1. The number of primary sulfonamides is 1. The number of halogens is 3. The highest BCUT2D eigenvalue weighted by atomic mass is 32.2. The van der Waals surface area contributed by atoms with Crippen molar-refractivity contribution in [1.29, 1.82) is 0 Å². The van der Waals surface area contributed by atoms with Crippen molar-refractivity contribution >= 4 is 70.4 Å². The summed E-state index contributed by atoms with van der Waals surface area (Å²) in [5, 5.41) is 20.5. The van der Waals surface area contributed by atoms with E-state index < -0.39 is 104 Å². The van der Waals surface area contributed by atoms with Crippen LogP contribution in [0.3, 0.4) is 0 Å². The Balaban J connectivity index is 0.797. The van der Waals surface area contributed by atoms with E-state index in [1.54, 1.807) is 72.8 Å². The molecule has 9 rings (SSSR count). The third-order valence-electron chi connectivity index (χ3n) is 18.9. The lowest BCUT2D eigenvalue weighted by atomic mass is 9.81. The Kier molecular flexibility index (Phi) is 26.6. The number of nitrogens with two attached hydrogens (primary N) is 1. The molecule has 1 atom stereocenters. The number of unbranched alkanes of at least 4 members (excludes halogenated alkanes) is 3. The summed E-state index contributed by atoms with van der Waals surface area (Å²) >= 11 is 0. The number of carbonyl (C=O) groups excluding carboxylic acids is 2. The lowest BCUT2D eigenvalue weighted by molar-refractivity contribution is -0.438. The van der Waals surface area contributed by atoms with E-state index >= 15 is 13.2 Å². The van der Waals surface area contributed by atoms with Crippen molar-refractivity contribution in [2.75, 3.05) is 67.8 Å². The Morgan fingerprint density at radius 2 is 1.32 bits per heavy atom. The van der Waals surface area contributed by atoms with Gasteiger partial charge < -0.3 is 34.9 Å². The molecule has 6 N–H and O–H groups in total. The number of hydrogen-bond donors (Lipinski definition) is 5. The molecular weight excluding hydrogens is 1380 g/mol. The number of carboxylic acid groups (broad SMARTS) is 1. The van der Waals surface area contributed by atoms with Gasteiger partial charge in [-0.25, -0.2) is 35.1 Å². The molecule has 0 radical (unpaired) electrons. The predicted molar refractivity (Wildman–Crippen MR) is 391 cm³/mol. The summed E-state index contributed by atoms with van der Waals surface area (Å²) in [6.45, 7) is 12.3. The quantitative estimate of drug-likeness (QED) is 0.0105. The van der Waals surface area contributed by atoms with Crippen LogP contribution in [0.2, 0.25) is 0 Å². The zero-order chi connectivity index (χ0) is 74.3. The average Bonchev–Trinajstić information content (AvgIpc) is 1.74. The Bertz CT molecular complexity index is 4540. The fourth-order valence-electron chi connectivity index (χ4n) is 13.5. The van der Waals surface area contributed by atoms with Gasteiger partial charge in [-0.15, -0.1) is 0 Å². The topological polar surface area (TPSA) is 278 Å². The van der Waals surface area contributed by atoms with Crippen LogP contribution in [-0.2, 0) is 71.1 Å². The number of sulfone groups is 1. The van der Waals surface area contributed by atoms with E-state index in [1.165, 1.54) is 17.0 Å².